The van der Waals surface area contributed by atoms with Crippen molar-refractivity contribution in [2.45, 2.75) is 13.0 Å². The summed E-state index contributed by atoms with van der Waals surface area (Å²) in [6, 6.07) is 3.31. The lowest BCUT2D eigenvalue weighted by Crippen LogP contribution is -2.33. The normalized spacial score (nSPS) is 12.1. The Hall–Kier alpha value is -1.69. The van der Waals surface area contributed by atoms with E-state index in [2.05, 4.69) is 10.2 Å². The van der Waals surface area contributed by atoms with Gasteiger partial charge in [0.25, 0.3) is 5.91 Å². The van der Waals surface area contributed by atoms with E-state index in [4.69, 9.17) is 5.11 Å². The minimum atomic E-state index is -0.179. The Morgan fingerprint density at radius 1 is 1.35 bits per heavy atom. The molecule has 6 heteroatoms. The molecule has 0 aliphatic carbocycles. The molecule has 0 saturated heterocycles. The smallest absolute Gasteiger partial charge is 0.273 e. The van der Waals surface area contributed by atoms with E-state index in [-0.39, 0.29) is 18.6 Å². The highest BCUT2D eigenvalue weighted by molar-refractivity contribution is 5.91. The van der Waals surface area contributed by atoms with Gasteiger partial charge in [-0.3, -0.25) is 4.79 Å². The van der Waals surface area contributed by atoms with E-state index in [1.54, 1.807) is 31.1 Å². The van der Waals surface area contributed by atoms with Crippen molar-refractivity contribution < 1.29 is 9.90 Å². The molecule has 1 heterocycles. The Balaban J connectivity index is 2.84. The van der Waals surface area contributed by atoms with Gasteiger partial charge in [0.2, 0.25) is 0 Å². The molecule has 0 aliphatic heterocycles. The van der Waals surface area contributed by atoms with Gasteiger partial charge in [-0.05, 0) is 19.1 Å². The maximum absolute atomic E-state index is 11.6. The van der Waals surface area contributed by atoms with Crippen molar-refractivity contribution in [1.82, 2.24) is 15.1 Å². The first-order valence-electron chi connectivity index (χ1n) is 5.36. The summed E-state index contributed by atoms with van der Waals surface area (Å²) in [6.45, 7) is 1.91. The van der Waals surface area contributed by atoms with Gasteiger partial charge in [0.05, 0.1) is 12.6 Å². The van der Waals surface area contributed by atoms with Gasteiger partial charge in [0.15, 0.2) is 11.5 Å². The van der Waals surface area contributed by atoms with E-state index >= 15 is 0 Å². The number of amides is 1. The molecule has 0 aliphatic rings. The quantitative estimate of drug-likeness (QED) is 0.799. The van der Waals surface area contributed by atoms with Crippen LogP contribution < -0.4 is 4.90 Å². The lowest BCUT2D eigenvalue weighted by molar-refractivity contribution is 0.0821. The van der Waals surface area contributed by atoms with E-state index in [0.717, 1.165) is 0 Å². The highest BCUT2D eigenvalue weighted by Crippen LogP contribution is 2.11. The van der Waals surface area contributed by atoms with Crippen LogP contribution in [0.4, 0.5) is 5.82 Å². The van der Waals surface area contributed by atoms with Crippen LogP contribution in [-0.4, -0.2) is 59.9 Å². The fourth-order valence-corrected chi connectivity index (χ4v) is 1.20. The summed E-state index contributed by atoms with van der Waals surface area (Å²) in [6.07, 6.45) is 0. The van der Waals surface area contributed by atoms with E-state index in [0.29, 0.717) is 11.5 Å². The molecule has 1 N–H and O–H groups in total. The summed E-state index contributed by atoms with van der Waals surface area (Å²) < 4.78 is 0. The van der Waals surface area contributed by atoms with Crippen LogP contribution >= 0.6 is 0 Å². The second kappa shape index (κ2) is 5.58. The van der Waals surface area contributed by atoms with Gasteiger partial charge in [-0.25, -0.2) is 0 Å². The van der Waals surface area contributed by atoms with Crippen LogP contribution in [0.15, 0.2) is 12.1 Å². The lowest BCUT2D eigenvalue weighted by Gasteiger charge is -2.23. The van der Waals surface area contributed by atoms with Crippen LogP contribution in [0.3, 0.4) is 0 Å². The number of anilines is 1. The van der Waals surface area contributed by atoms with Crippen molar-refractivity contribution in [3.63, 3.8) is 0 Å². The third-order valence-corrected chi connectivity index (χ3v) is 2.56. The highest BCUT2D eigenvalue weighted by atomic mass is 16.3. The zero-order valence-electron chi connectivity index (χ0n) is 10.6. The molecule has 1 aromatic heterocycles. The zero-order valence-corrected chi connectivity index (χ0v) is 10.6. The number of aromatic nitrogens is 2. The minimum absolute atomic E-state index is 0.0383. The molecular weight excluding hydrogens is 220 g/mol. The number of rotatable bonds is 4. The predicted octanol–water partition coefficient (Wildman–Crippen LogP) is -0.00460. The fourth-order valence-electron chi connectivity index (χ4n) is 1.20. The number of likely N-dealkylation sites (N-methyl/N-ethyl adjacent to an activating group) is 1. The van der Waals surface area contributed by atoms with Gasteiger partial charge in [-0.1, -0.05) is 0 Å². The first kappa shape index (κ1) is 13.4. The van der Waals surface area contributed by atoms with Gasteiger partial charge in [-0.2, -0.15) is 0 Å². The third kappa shape index (κ3) is 3.13. The summed E-state index contributed by atoms with van der Waals surface area (Å²) in [5.41, 5.74) is 0.309. The van der Waals surface area contributed by atoms with Crippen molar-refractivity contribution in [1.29, 1.82) is 0 Å². The largest absolute Gasteiger partial charge is 0.394 e. The Bertz CT molecular complexity index is 378. The first-order valence-corrected chi connectivity index (χ1v) is 5.36. The van der Waals surface area contributed by atoms with Crippen molar-refractivity contribution in [3.05, 3.63) is 17.8 Å². The van der Waals surface area contributed by atoms with Crippen LogP contribution in [0.5, 0.6) is 0 Å². The number of nitrogens with zero attached hydrogens (tertiary/aromatic N) is 4. The SMILES string of the molecule is CC(CO)N(C)c1ccc(C(=O)N(C)C)nn1. The fraction of sp³-hybridized carbons (Fsp3) is 0.545. The maximum Gasteiger partial charge on any atom is 0.273 e. The topological polar surface area (TPSA) is 69.6 Å². The van der Waals surface area contributed by atoms with Gasteiger partial charge in [0, 0.05) is 21.1 Å². The molecule has 94 valence electrons. The molecule has 0 saturated carbocycles. The van der Waals surface area contributed by atoms with E-state index in [1.165, 1.54) is 4.90 Å². The molecule has 1 unspecified atom stereocenters. The van der Waals surface area contributed by atoms with Gasteiger partial charge >= 0.3 is 0 Å². The molecule has 1 rings (SSSR count). The molecular formula is C11H18N4O2. The number of carbonyl (C=O) groups excluding carboxylic acids is 1. The van der Waals surface area contributed by atoms with Crippen LogP contribution in [0.1, 0.15) is 17.4 Å². The van der Waals surface area contributed by atoms with Crippen LogP contribution in [-0.2, 0) is 0 Å². The summed E-state index contributed by atoms with van der Waals surface area (Å²) in [4.78, 5) is 14.8. The average Bonchev–Trinajstić information content (AvgIpc) is 2.36. The number of hydrogen-bond donors (Lipinski definition) is 1. The summed E-state index contributed by atoms with van der Waals surface area (Å²) in [5.74, 6) is 0.448. The van der Waals surface area contributed by atoms with Crippen LogP contribution in [0, 0.1) is 0 Å². The van der Waals surface area contributed by atoms with Crippen molar-refractivity contribution >= 4 is 11.7 Å². The number of hydrogen-bond acceptors (Lipinski definition) is 5. The van der Waals surface area contributed by atoms with Crippen molar-refractivity contribution in [2.75, 3.05) is 32.6 Å². The van der Waals surface area contributed by atoms with Crippen molar-refractivity contribution in [3.8, 4) is 0 Å². The molecule has 6 nitrogen and oxygen atoms in total. The Labute approximate surface area is 101 Å². The number of aliphatic hydroxyl groups is 1. The summed E-state index contributed by atoms with van der Waals surface area (Å²) >= 11 is 0. The summed E-state index contributed by atoms with van der Waals surface area (Å²) in [5, 5.41) is 16.9. The van der Waals surface area contributed by atoms with E-state index in [9.17, 15) is 4.79 Å². The third-order valence-electron chi connectivity index (χ3n) is 2.56. The second-order valence-corrected chi connectivity index (χ2v) is 4.12. The van der Waals surface area contributed by atoms with Gasteiger partial charge in [0.1, 0.15) is 0 Å². The molecule has 0 spiro atoms. The lowest BCUT2D eigenvalue weighted by atomic mass is 10.3. The van der Waals surface area contributed by atoms with Gasteiger partial charge in [-0.15, -0.1) is 10.2 Å². The molecule has 0 aromatic carbocycles. The number of carbonyl (C=O) groups is 1. The van der Waals surface area contributed by atoms with Crippen LogP contribution in [0.25, 0.3) is 0 Å². The molecule has 0 radical (unpaired) electrons. The Morgan fingerprint density at radius 2 is 2.00 bits per heavy atom. The van der Waals surface area contributed by atoms with E-state index < -0.39 is 0 Å². The standard InChI is InChI=1S/C11H18N4O2/c1-8(7-16)15(4)10-6-5-9(12-13-10)11(17)14(2)3/h5-6,8,16H,7H2,1-4H3. The zero-order chi connectivity index (χ0) is 13.0. The molecule has 1 amide bonds. The Kier molecular flexibility index (Phi) is 4.39. The van der Waals surface area contributed by atoms with Crippen LogP contribution in [0.2, 0.25) is 0 Å². The molecule has 0 fully saturated rings. The van der Waals surface area contributed by atoms with Gasteiger partial charge < -0.3 is 14.9 Å². The molecule has 1 aromatic rings. The first-order chi connectivity index (χ1) is 7.97. The monoisotopic (exact) mass is 238 g/mol. The van der Waals surface area contributed by atoms with Crippen molar-refractivity contribution in [2.24, 2.45) is 0 Å². The second-order valence-electron chi connectivity index (χ2n) is 4.12. The minimum Gasteiger partial charge on any atom is -0.394 e. The predicted molar refractivity (Wildman–Crippen MR) is 65.0 cm³/mol. The molecule has 1 atom stereocenters. The van der Waals surface area contributed by atoms with E-state index in [1.807, 2.05) is 14.0 Å². The Morgan fingerprint density at radius 3 is 2.41 bits per heavy atom. The molecule has 0 bridgehead atoms. The highest BCUT2D eigenvalue weighted by Gasteiger charge is 2.13. The maximum atomic E-state index is 11.6. The molecule has 17 heavy (non-hydrogen) atoms. The number of aliphatic hydroxyl groups excluding tert-OH is 1. The average molecular weight is 238 g/mol. The summed E-state index contributed by atoms with van der Waals surface area (Å²) in [7, 11) is 5.15.